The monoisotopic (exact) mass is 434 g/mol. The Kier molecular flexibility index (Phi) is 6.09. The highest BCUT2D eigenvalue weighted by Gasteiger charge is 2.27. The van der Waals surface area contributed by atoms with Crippen molar-refractivity contribution in [2.24, 2.45) is 0 Å². The van der Waals surface area contributed by atoms with Crippen LogP contribution in [0.4, 0.5) is 5.69 Å². The topological polar surface area (TPSA) is 66.5 Å². The largest absolute Gasteiger partial charge is 0.341 e. The second-order valence-electron chi connectivity index (χ2n) is 7.65. The summed E-state index contributed by atoms with van der Waals surface area (Å²) in [5.74, 6) is -0.124. The lowest BCUT2D eigenvalue weighted by molar-refractivity contribution is 0.0943. The number of benzene rings is 3. The molecule has 5 nitrogen and oxygen atoms in total. The Hall–Kier alpha value is -3.12. The Morgan fingerprint density at radius 3 is 2.16 bits per heavy atom. The maximum absolute atomic E-state index is 13.2. The Morgan fingerprint density at radius 1 is 0.968 bits per heavy atom. The second kappa shape index (κ2) is 8.94. The van der Waals surface area contributed by atoms with E-state index >= 15 is 0 Å². The van der Waals surface area contributed by atoms with Crippen LogP contribution in [0.25, 0.3) is 0 Å². The van der Waals surface area contributed by atoms with Gasteiger partial charge in [-0.1, -0.05) is 60.7 Å². The zero-order chi connectivity index (χ0) is 21.8. The first-order chi connectivity index (χ1) is 15.0. The third-order valence-corrected chi connectivity index (χ3v) is 7.44. The number of nitrogens with zero attached hydrogens (tertiary/aromatic N) is 1. The summed E-state index contributed by atoms with van der Waals surface area (Å²) in [5.41, 5.74) is 4.12. The smallest absolute Gasteiger partial charge is 0.252 e. The van der Waals surface area contributed by atoms with Gasteiger partial charge in [-0.2, -0.15) is 0 Å². The van der Waals surface area contributed by atoms with Gasteiger partial charge in [0, 0.05) is 12.1 Å². The van der Waals surface area contributed by atoms with Gasteiger partial charge < -0.3 is 5.32 Å². The van der Waals surface area contributed by atoms with Crippen LogP contribution in [-0.2, 0) is 16.4 Å². The summed E-state index contributed by atoms with van der Waals surface area (Å²) in [6, 6.07) is 24.8. The van der Waals surface area contributed by atoms with Crippen molar-refractivity contribution in [2.75, 3.05) is 16.6 Å². The molecule has 160 valence electrons. The van der Waals surface area contributed by atoms with Gasteiger partial charge in [-0.25, -0.2) is 8.42 Å². The fraction of sp³-hybridized carbons (Fsp3) is 0.240. The van der Waals surface area contributed by atoms with Crippen molar-refractivity contribution in [1.82, 2.24) is 5.32 Å². The van der Waals surface area contributed by atoms with E-state index in [1.54, 1.807) is 19.1 Å². The molecule has 0 saturated carbocycles. The molecule has 0 aromatic heterocycles. The lowest BCUT2D eigenvalue weighted by atomic mass is 9.97. The number of nitrogens with one attached hydrogen (secondary N) is 1. The Balaban J connectivity index is 1.63. The summed E-state index contributed by atoms with van der Waals surface area (Å²) >= 11 is 0. The molecule has 0 fully saturated rings. The Morgan fingerprint density at radius 2 is 1.58 bits per heavy atom. The highest BCUT2D eigenvalue weighted by molar-refractivity contribution is 7.92. The number of aryl methyl sites for hydroxylation is 1. The molecule has 1 heterocycles. The zero-order valence-electron chi connectivity index (χ0n) is 17.5. The molecule has 0 radical (unpaired) electrons. The van der Waals surface area contributed by atoms with E-state index in [9.17, 15) is 13.2 Å². The van der Waals surface area contributed by atoms with Crippen LogP contribution in [-0.4, -0.2) is 26.6 Å². The van der Waals surface area contributed by atoms with Gasteiger partial charge in [0.25, 0.3) is 5.91 Å². The first-order valence-corrected chi connectivity index (χ1v) is 12.1. The van der Waals surface area contributed by atoms with Crippen LogP contribution in [0.5, 0.6) is 0 Å². The van der Waals surface area contributed by atoms with Gasteiger partial charge in [-0.15, -0.1) is 0 Å². The van der Waals surface area contributed by atoms with E-state index in [4.69, 9.17) is 0 Å². The van der Waals surface area contributed by atoms with Crippen LogP contribution in [0, 0.1) is 0 Å². The predicted octanol–water partition coefficient (Wildman–Crippen LogP) is 4.31. The second-order valence-corrected chi connectivity index (χ2v) is 9.83. The molecule has 3 aromatic rings. The molecular weight excluding hydrogens is 408 g/mol. The molecule has 0 aliphatic carbocycles. The quantitative estimate of drug-likeness (QED) is 0.629. The number of hydrogen-bond acceptors (Lipinski definition) is 3. The third-order valence-electron chi connectivity index (χ3n) is 5.66. The molecule has 1 amide bonds. The van der Waals surface area contributed by atoms with E-state index in [0.29, 0.717) is 17.8 Å². The van der Waals surface area contributed by atoms with Crippen LogP contribution in [0.1, 0.15) is 46.4 Å². The van der Waals surface area contributed by atoms with E-state index in [1.807, 2.05) is 66.7 Å². The molecular formula is C25H26N2O3S. The number of sulfonamides is 1. The fourth-order valence-electron chi connectivity index (χ4n) is 4.01. The van der Waals surface area contributed by atoms with Gasteiger partial charge in [0.2, 0.25) is 10.0 Å². The Bertz CT molecular complexity index is 1120. The first-order valence-electron chi connectivity index (χ1n) is 10.5. The molecule has 0 unspecified atom stereocenters. The highest BCUT2D eigenvalue weighted by Crippen LogP contribution is 2.31. The van der Waals surface area contributed by atoms with Crippen molar-refractivity contribution in [2.45, 2.75) is 25.8 Å². The normalized spacial score (nSPS) is 13.7. The number of anilines is 1. The van der Waals surface area contributed by atoms with E-state index in [1.165, 1.54) is 4.31 Å². The predicted molar refractivity (Wildman–Crippen MR) is 124 cm³/mol. The van der Waals surface area contributed by atoms with Crippen molar-refractivity contribution < 1.29 is 13.2 Å². The minimum absolute atomic E-state index is 0.0600. The highest BCUT2D eigenvalue weighted by atomic mass is 32.2. The minimum Gasteiger partial charge on any atom is -0.341 e. The molecule has 3 aromatic carbocycles. The average Bonchev–Trinajstić information content (AvgIpc) is 2.82. The van der Waals surface area contributed by atoms with Gasteiger partial charge in [0.05, 0.1) is 17.5 Å². The van der Waals surface area contributed by atoms with Crippen LogP contribution < -0.4 is 9.62 Å². The van der Waals surface area contributed by atoms with Crippen LogP contribution in [0.3, 0.4) is 0 Å². The summed E-state index contributed by atoms with van der Waals surface area (Å²) < 4.78 is 26.4. The third kappa shape index (κ3) is 4.49. The van der Waals surface area contributed by atoms with Crippen molar-refractivity contribution >= 4 is 21.6 Å². The number of carbonyl (C=O) groups excluding carboxylic acids is 1. The van der Waals surface area contributed by atoms with Gasteiger partial charge >= 0.3 is 0 Å². The molecule has 0 saturated heterocycles. The summed E-state index contributed by atoms with van der Waals surface area (Å²) in [6.45, 7) is 2.14. The molecule has 0 spiro atoms. The molecule has 4 rings (SSSR count). The summed E-state index contributed by atoms with van der Waals surface area (Å²) in [7, 11) is -3.33. The van der Waals surface area contributed by atoms with Gasteiger partial charge in [-0.05, 0) is 54.7 Å². The molecule has 1 aliphatic heterocycles. The summed E-state index contributed by atoms with van der Waals surface area (Å²) in [5, 5.41) is 3.15. The molecule has 0 bridgehead atoms. The first kappa shape index (κ1) is 21.1. The lowest BCUT2D eigenvalue weighted by Gasteiger charge is -2.30. The van der Waals surface area contributed by atoms with Crippen LogP contribution in [0.15, 0.2) is 78.9 Å². The maximum Gasteiger partial charge on any atom is 0.252 e. The van der Waals surface area contributed by atoms with Crippen molar-refractivity contribution in [3.8, 4) is 0 Å². The zero-order valence-corrected chi connectivity index (χ0v) is 18.3. The van der Waals surface area contributed by atoms with Crippen molar-refractivity contribution in [3.05, 3.63) is 101 Å². The Labute approximate surface area is 183 Å². The van der Waals surface area contributed by atoms with Crippen LogP contribution >= 0.6 is 0 Å². The number of hydrogen-bond donors (Lipinski definition) is 1. The van der Waals surface area contributed by atoms with Gasteiger partial charge in [0.1, 0.15) is 0 Å². The van der Waals surface area contributed by atoms with E-state index in [-0.39, 0.29) is 17.7 Å². The number of rotatable bonds is 6. The molecule has 1 N–H and O–H groups in total. The lowest BCUT2D eigenvalue weighted by Crippen LogP contribution is -2.36. The number of amides is 1. The standard InChI is InChI=1S/C25H26N2O3S/c1-2-31(29,30)27-17-9-14-21-18-22(15-16-23(21)27)25(28)26-24(19-10-5-3-6-11-19)20-12-7-4-8-13-20/h3-8,10-13,15-16,18,24H,2,9,14,17H2,1H3,(H,26,28). The van der Waals surface area contributed by atoms with Crippen molar-refractivity contribution in [3.63, 3.8) is 0 Å². The molecule has 1 aliphatic rings. The van der Waals surface area contributed by atoms with E-state index in [0.717, 1.165) is 29.5 Å². The van der Waals surface area contributed by atoms with Crippen LogP contribution in [0.2, 0.25) is 0 Å². The molecule has 6 heteroatoms. The summed E-state index contributed by atoms with van der Waals surface area (Å²) in [6.07, 6.45) is 1.50. The maximum atomic E-state index is 13.2. The SMILES string of the molecule is CCS(=O)(=O)N1CCCc2cc(C(=O)NC(c3ccccc3)c3ccccc3)ccc21. The van der Waals surface area contributed by atoms with Gasteiger partial charge in [-0.3, -0.25) is 9.10 Å². The number of carbonyl (C=O) groups is 1. The molecule has 0 atom stereocenters. The average molecular weight is 435 g/mol. The van der Waals surface area contributed by atoms with Gasteiger partial charge in [0.15, 0.2) is 0 Å². The molecule has 31 heavy (non-hydrogen) atoms. The fourth-order valence-corrected chi connectivity index (χ4v) is 5.21. The van der Waals surface area contributed by atoms with Crippen molar-refractivity contribution in [1.29, 1.82) is 0 Å². The van der Waals surface area contributed by atoms with E-state index in [2.05, 4.69) is 5.32 Å². The minimum atomic E-state index is -3.33. The number of fused-ring (bicyclic) bond motifs is 1. The summed E-state index contributed by atoms with van der Waals surface area (Å²) in [4.78, 5) is 13.2. The van der Waals surface area contributed by atoms with E-state index < -0.39 is 10.0 Å².